The van der Waals surface area contributed by atoms with Crippen LogP contribution in [0.4, 0.5) is 0 Å². The van der Waals surface area contributed by atoms with Gasteiger partial charge in [-0.15, -0.1) is 0 Å². The van der Waals surface area contributed by atoms with Crippen LogP contribution in [-0.2, 0) is 19.1 Å². The summed E-state index contributed by atoms with van der Waals surface area (Å²) in [6, 6.07) is -0.600. The Hall–Kier alpha value is -1.39. The Balaban J connectivity index is 3.78. The summed E-state index contributed by atoms with van der Waals surface area (Å²) in [5, 5.41) is 2.39. The highest BCUT2D eigenvalue weighted by atomic mass is 16.5. The molecular weight excluding hydrogens is 174 g/mol. The lowest BCUT2D eigenvalue weighted by Crippen LogP contribution is -2.34. The van der Waals surface area contributed by atoms with E-state index in [4.69, 9.17) is 0 Å². The van der Waals surface area contributed by atoms with Crippen LogP contribution in [0.5, 0.6) is 0 Å². The molecule has 5 heteroatoms. The van der Waals surface area contributed by atoms with E-state index in [1.54, 1.807) is 0 Å². The van der Waals surface area contributed by atoms with Crippen LogP contribution >= 0.6 is 0 Å². The molecule has 0 heterocycles. The van der Waals surface area contributed by atoms with Crippen LogP contribution in [-0.4, -0.2) is 31.3 Å². The molecule has 74 valence electrons. The van der Waals surface area contributed by atoms with Crippen molar-refractivity contribution >= 4 is 18.2 Å². The van der Waals surface area contributed by atoms with Crippen molar-refractivity contribution in [1.82, 2.24) is 5.32 Å². The minimum Gasteiger partial charge on any atom is -0.469 e. The van der Waals surface area contributed by atoms with Crippen LogP contribution in [0.15, 0.2) is 0 Å². The summed E-state index contributed by atoms with van der Waals surface area (Å²) >= 11 is 0. The van der Waals surface area contributed by atoms with Gasteiger partial charge in [0.15, 0.2) is 0 Å². The maximum absolute atomic E-state index is 10.7. The van der Waals surface area contributed by atoms with Gasteiger partial charge in [0.25, 0.3) is 0 Å². The summed E-state index contributed by atoms with van der Waals surface area (Å²) in [5.41, 5.74) is 0. The van der Waals surface area contributed by atoms with E-state index in [2.05, 4.69) is 10.1 Å². The van der Waals surface area contributed by atoms with E-state index in [9.17, 15) is 14.4 Å². The summed E-state index contributed by atoms with van der Waals surface area (Å²) in [4.78, 5) is 31.6. The Morgan fingerprint density at radius 1 is 1.54 bits per heavy atom. The first kappa shape index (κ1) is 11.6. The quantitative estimate of drug-likeness (QED) is 0.471. The van der Waals surface area contributed by atoms with E-state index >= 15 is 0 Å². The molecule has 0 aliphatic carbocycles. The van der Waals surface area contributed by atoms with Crippen molar-refractivity contribution in [3.63, 3.8) is 0 Å². The van der Waals surface area contributed by atoms with Gasteiger partial charge < -0.3 is 14.8 Å². The Bertz CT molecular complexity index is 202. The van der Waals surface area contributed by atoms with E-state index in [0.29, 0.717) is 6.29 Å². The normalized spacial score (nSPS) is 11.5. The van der Waals surface area contributed by atoms with E-state index < -0.39 is 12.0 Å². The number of esters is 1. The lowest BCUT2D eigenvalue weighted by Gasteiger charge is -2.09. The third kappa shape index (κ3) is 5.84. The second kappa shape index (κ2) is 6.16. The van der Waals surface area contributed by atoms with Crippen molar-refractivity contribution < 1.29 is 19.1 Å². The molecule has 0 aromatic heterocycles. The van der Waals surface area contributed by atoms with Crippen molar-refractivity contribution in [2.75, 3.05) is 7.11 Å². The third-order valence-electron chi connectivity index (χ3n) is 1.44. The second-order valence-electron chi connectivity index (χ2n) is 2.56. The number of amides is 1. The maximum atomic E-state index is 10.7. The summed E-state index contributed by atoms with van der Waals surface area (Å²) in [7, 11) is 1.27. The smallest absolute Gasteiger partial charge is 0.305 e. The largest absolute Gasteiger partial charge is 0.469 e. The van der Waals surface area contributed by atoms with Crippen LogP contribution in [0.3, 0.4) is 0 Å². The van der Waals surface area contributed by atoms with Crippen LogP contribution in [0.1, 0.15) is 19.8 Å². The van der Waals surface area contributed by atoms with Gasteiger partial charge in [-0.05, 0) is 6.42 Å². The zero-order chi connectivity index (χ0) is 10.3. The van der Waals surface area contributed by atoms with Gasteiger partial charge in [-0.1, -0.05) is 0 Å². The fourth-order valence-electron chi connectivity index (χ4n) is 0.811. The fourth-order valence-corrected chi connectivity index (χ4v) is 0.811. The molecule has 0 radical (unpaired) electrons. The summed E-state index contributed by atoms with van der Waals surface area (Å²) in [6.07, 6.45) is 1.00. The van der Waals surface area contributed by atoms with Gasteiger partial charge in [0.1, 0.15) is 6.29 Å². The van der Waals surface area contributed by atoms with Gasteiger partial charge in [-0.25, -0.2) is 0 Å². The molecule has 5 nitrogen and oxygen atoms in total. The highest BCUT2D eigenvalue weighted by Gasteiger charge is 2.10. The van der Waals surface area contributed by atoms with E-state index in [1.165, 1.54) is 14.0 Å². The number of methoxy groups -OCH3 is 1. The van der Waals surface area contributed by atoms with Crippen LogP contribution in [0.25, 0.3) is 0 Å². The minimum atomic E-state index is -0.600. The molecular formula is C8H13NO4. The minimum absolute atomic E-state index is 0.125. The maximum Gasteiger partial charge on any atom is 0.305 e. The zero-order valence-corrected chi connectivity index (χ0v) is 7.70. The number of hydrogen-bond donors (Lipinski definition) is 1. The zero-order valence-electron chi connectivity index (χ0n) is 7.70. The summed E-state index contributed by atoms with van der Waals surface area (Å²) in [5.74, 6) is -0.681. The van der Waals surface area contributed by atoms with Crippen LogP contribution in [0, 0.1) is 0 Å². The van der Waals surface area contributed by atoms with Gasteiger partial charge in [0, 0.05) is 13.3 Å². The first-order valence-electron chi connectivity index (χ1n) is 3.89. The third-order valence-corrected chi connectivity index (χ3v) is 1.44. The number of ether oxygens (including phenoxy) is 1. The number of rotatable bonds is 5. The molecule has 0 aliphatic rings. The molecule has 1 N–H and O–H groups in total. The molecule has 0 rings (SSSR count). The van der Waals surface area contributed by atoms with Crippen molar-refractivity contribution in [3.05, 3.63) is 0 Å². The van der Waals surface area contributed by atoms with Crippen molar-refractivity contribution in [2.24, 2.45) is 0 Å². The molecule has 0 aromatic rings. The first-order valence-corrected chi connectivity index (χ1v) is 3.89. The predicted molar refractivity (Wildman–Crippen MR) is 44.9 cm³/mol. The molecule has 0 saturated heterocycles. The lowest BCUT2D eigenvalue weighted by atomic mass is 10.2. The van der Waals surface area contributed by atoms with Crippen molar-refractivity contribution in [3.8, 4) is 0 Å². The SMILES string of the molecule is COC(=O)CCC(C=O)NC(C)=O. The Kier molecular flexibility index (Phi) is 5.50. The van der Waals surface area contributed by atoms with Gasteiger partial charge in [0.2, 0.25) is 5.91 Å². The summed E-state index contributed by atoms with van der Waals surface area (Å²) < 4.78 is 4.38. The summed E-state index contributed by atoms with van der Waals surface area (Å²) in [6.45, 7) is 1.31. The number of aldehydes is 1. The predicted octanol–water partition coefficient (Wildman–Crippen LogP) is -0.357. The Labute approximate surface area is 76.4 Å². The van der Waals surface area contributed by atoms with Crippen LogP contribution in [0.2, 0.25) is 0 Å². The van der Waals surface area contributed by atoms with E-state index in [-0.39, 0.29) is 18.7 Å². The monoisotopic (exact) mass is 187 g/mol. The Morgan fingerprint density at radius 2 is 2.15 bits per heavy atom. The van der Waals surface area contributed by atoms with Gasteiger partial charge >= 0.3 is 5.97 Å². The van der Waals surface area contributed by atoms with Gasteiger partial charge in [-0.2, -0.15) is 0 Å². The highest BCUT2D eigenvalue weighted by molar-refractivity contribution is 5.77. The van der Waals surface area contributed by atoms with Gasteiger partial charge in [-0.3, -0.25) is 9.59 Å². The average Bonchev–Trinajstić information content (AvgIpc) is 2.10. The highest BCUT2D eigenvalue weighted by Crippen LogP contribution is 1.96. The average molecular weight is 187 g/mol. The molecule has 13 heavy (non-hydrogen) atoms. The standard InChI is InChI=1S/C8H13NO4/c1-6(11)9-7(5-10)3-4-8(12)13-2/h5,7H,3-4H2,1-2H3,(H,9,11). The Morgan fingerprint density at radius 3 is 2.54 bits per heavy atom. The molecule has 0 aromatic carbocycles. The van der Waals surface area contributed by atoms with E-state index in [1.807, 2.05) is 0 Å². The molecule has 0 fully saturated rings. The number of hydrogen-bond acceptors (Lipinski definition) is 4. The lowest BCUT2D eigenvalue weighted by molar-refractivity contribution is -0.141. The molecule has 0 bridgehead atoms. The molecule has 1 amide bonds. The van der Waals surface area contributed by atoms with Crippen molar-refractivity contribution in [2.45, 2.75) is 25.8 Å². The van der Waals surface area contributed by atoms with E-state index in [0.717, 1.165) is 0 Å². The molecule has 1 unspecified atom stereocenters. The molecule has 0 spiro atoms. The number of carbonyl (C=O) groups excluding carboxylic acids is 3. The number of nitrogens with one attached hydrogen (secondary N) is 1. The van der Waals surface area contributed by atoms with Gasteiger partial charge in [0.05, 0.1) is 13.2 Å². The first-order chi connectivity index (χ1) is 6.10. The molecule has 1 atom stereocenters. The topological polar surface area (TPSA) is 72.5 Å². The van der Waals surface area contributed by atoms with Crippen molar-refractivity contribution in [1.29, 1.82) is 0 Å². The fraction of sp³-hybridized carbons (Fsp3) is 0.625. The second-order valence-corrected chi connectivity index (χ2v) is 2.56. The van der Waals surface area contributed by atoms with Crippen LogP contribution < -0.4 is 5.32 Å². The molecule has 0 saturated carbocycles. The number of carbonyl (C=O) groups is 3. The molecule has 0 aliphatic heterocycles.